The van der Waals surface area contributed by atoms with E-state index in [0.29, 0.717) is 18.7 Å². The molecule has 1 fully saturated rings. The molecule has 2 amide bonds. The quantitative estimate of drug-likeness (QED) is 0.754. The molecule has 2 aromatic carbocycles. The summed E-state index contributed by atoms with van der Waals surface area (Å²) in [6.07, 6.45) is 3.19. The number of aromatic nitrogens is 1. The Morgan fingerprint density at radius 1 is 1.07 bits per heavy atom. The van der Waals surface area contributed by atoms with Crippen LogP contribution in [0.2, 0.25) is 0 Å². The first-order valence-corrected chi connectivity index (χ1v) is 9.31. The second-order valence-electron chi connectivity index (χ2n) is 6.96. The van der Waals surface area contributed by atoms with E-state index < -0.39 is 0 Å². The van der Waals surface area contributed by atoms with E-state index >= 15 is 0 Å². The third-order valence-electron chi connectivity index (χ3n) is 5.07. The van der Waals surface area contributed by atoms with Crippen LogP contribution in [-0.2, 0) is 4.79 Å². The van der Waals surface area contributed by atoms with Gasteiger partial charge in [-0.1, -0.05) is 6.07 Å². The number of halogens is 1. The van der Waals surface area contributed by atoms with Crippen LogP contribution in [0.25, 0.3) is 10.9 Å². The molecule has 1 aliphatic rings. The number of pyridine rings is 1. The fourth-order valence-corrected chi connectivity index (χ4v) is 3.60. The van der Waals surface area contributed by atoms with Crippen LogP contribution in [0.1, 0.15) is 23.2 Å². The Balaban J connectivity index is 1.47. The van der Waals surface area contributed by atoms with E-state index in [2.05, 4.69) is 10.3 Å². The Bertz CT molecular complexity index is 1010. The van der Waals surface area contributed by atoms with Gasteiger partial charge in [0.2, 0.25) is 5.91 Å². The number of nitrogens with zero attached hydrogens (tertiary/aromatic N) is 2. The minimum atomic E-state index is -0.378. The highest BCUT2D eigenvalue weighted by atomic mass is 19.1. The van der Waals surface area contributed by atoms with Crippen LogP contribution in [0.3, 0.4) is 0 Å². The minimum Gasteiger partial charge on any atom is -0.338 e. The van der Waals surface area contributed by atoms with E-state index in [1.165, 1.54) is 24.3 Å². The van der Waals surface area contributed by atoms with Crippen molar-refractivity contribution in [2.45, 2.75) is 12.8 Å². The zero-order chi connectivity index (χ0) is 19.5. The number of hydrogen-bond acceptors (Lipinski definition) is 3. The second kappa shape index (κ2) is 7.76. The highest BCUT2D eigenvalue weighted by Gasteiger charge is 2.29. The number of carbonyl (C=O) groups excluding carboxylic acids is 2. The maximum absolute atomic E-state index is 13.1. The molecular weight excluding hydrogens is 357 g/mol. The van der Waals surface area contributed by atoms with E-state index in [0.717, 1.165) is 29.4 Å². The van der Waals surface area contributed by atoms with Gasteiger partial charge in [-0.05, 0) is 61.4 Å². The normalized spacial score (nSPS) is 16.8. The maximum Gasteiger partial charge on any atom is 0.253 e. The van der Waals surface area contributed by atoms with Gasteiger partial charge in [0, 0.05) is 30.2 Å². The number of nitrogens with one attached hydrogen (secondary N) is 1. The molecule has 0 saturated carbocycles. The average Bonchev–Trinajstić information content (AvgIpc) is 2.74. The van der Waals surface area contributed by atoms with Crippen molar-refractivity contribution in [3.8, 4) is 0 Å². The van der Waals surface area contributed by atoms with E-state index in [1.54, 1.807) is 11.1 Å². The maximum atomic E-state index is 13.1. The second-order valence-corrected chi connectivity index (χ2v) is 6.96. The summed E-state index contributed by atoms with van der Waals surface area (Å²) in [6, 6.07) is 14.9. The number of piperidine rings is 1. The molecule has 0 aliphatic carbocycles. The molecule has 2 heterocycles. The SMILES string of the molecule is O=C(Nc1cccc2ncccc12)[C@H]1CCCN(C(=O)c2ccc(F)cc2)C1. The molecule has 1 aliphatic heterocycles. The lowest BCUT2D eigenvalue weighted by molar-refractivity contribution is -0.121. The summed E-state index contributed by atoms with van der Waals surface area (Å²) in [4.78, 5) is 31.5. The highest BCUT2D eigenvalue weighted by Crippen LogP contribution is 2.24. The van der Waals surface area contributed by atoms with Crippen molar-refractivity contribution in [3.63, 3.8) is 0 Å². The van der Waals surface area contributed by atoms with Crippen molar-refractivity contribution >= 4 is 28.4 Å². The summed E-state index contributed by atoms with van der Waals surface area (Å²) in [5.74, 6) is -0.943. The van der Waals surface area contributed by atoms with Crippen LogP contribution >= 0.6 is 0 Å². The number of rotatable bonds is 3. The lowest BCUT2D eigenvalue weighted by Crippen LogP contribution is -2.43. The number of anilines is 1. The number of benzene rings is 2. The number of likely N-dealkylation sites (tertiary alicyclic amines) is 1. The average molecular weight is 377 g/mol. The molecule has 28 heavy (non-hydrogen) atoms. The summed E-state index contributed by atoms with van der Waals surface area (Å²) in [5.41, 5.74) is 1.97. The van der Waals surface area contributed by atoms with Gasteiger partial charge in [0.25, 0.3) is 5.91 Å². The fourth-order valence-electron chi connectivity index (χ4n) is 3.60. The van der Waals surface area contributed by atoms with Gasteiger partial charge >= 0.3 is 0 Å². The Hall–Kier alpha value is -3.28. The van der Waals surface area contributed by atoms with Crippen LogP contribution < -0.4 is 5.32 Å². The molecule has 0 spiro atoms. The molecule has 1 atom stereocenters. The number of carbonyl (C=O) groups is 2. The van der Waals surface area contributed by atoms with Crippen molar-refractivity contribution in [3.05, 3.63) is 72.2 Å². The summed E-state index contributed by atoms with van der Waals surface area (Å²) in [7, 11) is 0. The lowest BCUT2D eigenvalue weighted by Gasteiger charge is -2.32. The Morgan fingerprint density at radius 3 is 2.71 bits per heavy atom. The van der Waals surface area contributed by atoms with Gasteiger partial charge in [-0.25, -0.2) is 4.39 Å². The molecule has 4 rings (SSSR count). The largest absolute Gasteiger partial charge is 0.338 e. The van der Waals surface area contributed by atoms with Crippen LogP contribution in [0.5, 0.6) is 0 Å². The summed E-state index contributed by atoms with van der Waals surface area (Å²) in [6.45, 7) is 0.948. The molecule has 5 nitrogen and oxygen atoms in total. The van der Waals surface area contributed by atoms with E-state index in [1.807, 2.05) is 30.3 Å². The Labute approximate surface area is 162 Å². The molecular formula is C22H20FN3O2. The molecule has 1 saturated heterocycles. The van der Waals surface area contributed by atoms with Gasteiger partial charge in [0.05, 0.1) is 17.1 Å². The van der Waals surface area contributed by atoms with E-state index in [9.17, 15) is 14.0 Å². The molecule has 142 valence electrons. The molecule has 0 unspecified atom stereocenters. The predicted molar refractivity (Wildman–Crippen MR) is 105 cm³/mol. The van der Waals surface area contributed by atoms with Crippen LogP contribution in [0.4, 0.5) is 10.1 Å². The van der Waals surface area contributed by atoms with Crippen LogP contribution in [-0.4, -0.2) is 34.8 Å². The van der Waals surface area contributed by atoms with Crippen molar-refractivity contribution in [1.29, 1.82) is 0 Å². The lowest BCUT2D eigenvalue weighted by atomic mass is 9.96. The van der Waals surface area contributed by atoms with Gasteiger partial charge in [0.15, 0.2) is 0 Å². The van der Waals surface area contributed by atoms with Gasteiger partial charge in [0.1, 0.15) is 5.82 Å². The van der Waals surface area contributed by atoms with Crippen LogP contribution in [0, 0.1) is 11.7 Å². The number of hydrogen-bond donors (Lipinski definition) is 1. The Kier molecular flexibility index (Phi) is 5.02. The summed E-state index contributed by atoms with van der Waals surface area (Å²) >= 11 is 0. The first kappa shape index (κ1) is 18.1. The molecule has 3 aromatic rings. The minimum absolute atomic E-state index is 0.104. The molecule has 1 aromatic heterocycles. The van der Waals surface area contributed by atoms with Crippen LogP contribution in [0.15, 0.2) is 60.8 Å². The van der Waals surface area contributed by atoms with Gasteiger partial charge in [-0.15, -0.1) is 0 Å². The zero-order valence-electron chi connectivity index (χ0n) is 15.3. The first-order valence-electron chi connectivity index (χ1n) is 9.31. The van der Waals surface area contributed by atoms with Gasteiger partial charge in [-0.3, -0.25) is 14.6 Å². The van der Waals surface area contributed by atoms with Crippen molar-refractivity contribution in [2.75, 3.05) is 18.4 Å². The Morgan fingerprint density at radius 2 is 1.89 bits per heavy atom. The predicted octanol–water partition coefficient (Wildman–Crippen LogP) is 3.86. The fraction of sp³-hybridized carbons (Fsp3) is 0.227. The standard InChI is InChI=1S/C22H20FN3O2/c23-17-10-8-15(9-11-17)22(28)26-13-3-4-16(14-26)21(27)25-20-7-1-6-19-18(20)5-2-12-24-19/h1-2,5-12,16H,3-4,13-14H2,(H,25,27)/t16-/m0/s1. The molecule has 0 bridgehead atoms. The van der Waals surface area contributed by atoms with E-state index in [4.69, 9.17) is 0 Å². The summed E-state index contributed by atoms with van der Waals surface area (Å²) < 4.78 is 13.1. The molecule has 6 heteroatoms. The van der Waals surface area contributed by atoms with Crippen molar-refractivity contribution in [2.24, 2.45) is 5.92 Å². The van der Waals surface area contributed by atoms with Crippen molar-refractivity contribution in [1.82, 2.24) is 9.88 Å². The third kappa shape index (κ3) is 3.71. The summed E-state index contributed by atoms with van der Waals surface area (Å²) in [5, 5.41) is 3.88. The van der Waals surface area contributed by atoms with Gasteiger partial charge in [-0.2, -0.15) is 0 Å². The smallest absolute Gasteiger partial charge is 0.253 e. The zero-order valence-corrected chi connectivity index (χ0v) is 15.3. The highest BCUT2D eigenvalue weighted by molar-refractivity contribution is 6.02. The first-order chi connectivity index (χ1) is 13.6. The topological polar surface area (TPSA) is 62.3 Å². The molecule has 0 radical (unpaired) electrons. The molecule has 1 N–H and O–H groups in total. The van der Waals surface area contributed by atoms with Gasteiger partial charge < -0.3 is 10.2 Å². The third-order valence-corrected chi connectivity index (χ3v) is 5.07. The monoisotopic (exact) mass is 377 g/mol. The number of fused-ring (bicyclic) bond motifs is 1. The van der Waals surface area contributed by atoms with Crippen molar-refractivity contribution < 1.29 is 14.0 Å². The van der Waals surface area contributed by atoms with E-state index in [-0.39, 0.29) is 23.5 Å². The number of amides is 2.